The molecule has 10 heavy (non-hydrogen) atoms. The van der Waals surface area contributed by atoms with Crippen LogP contribution in [0.4, 0.5) is 0 Å². The van der Waals surface area contributed by atoms with Crippen molar-refractivity contribution in [3.05, 3.63) is 24.5 Å². The van der Waals surface area contributed by atoms with E-state index in [1.807, 2.05) is 6.92 Å². The molecule has 0 aromatic rings. The van der Waals surface area contributed by atoms with Gasteiger partial charge in [-0.25, -0.2) is 0 Å². The molecule has 0 aliphatic rings. The zero-order valence-corrected chi connectivity index (χ0v) is 7.74. The predicted molar refractivity (Wildman–Crippen MR) is 49.0 cm³/mol. The molecular weight excluding hydrogens is 143 g/mol. The van der Waals surface area contributed by atoms with Crippen LogP contribution in [0.25, 0.3) is 0 Å². The fraction of sp³-hybridized carbons (Fsp3) is 0.500. The maximum absolute atomic E-state index is 5.26. The maximum atomic E-state index is 5.26. The predicted octanol–water partition coefficient (Wildman–Crippen LogP) is 2.40. The van der Waals surface area contributed by atoms with Gasteiger partial charge in [-0.1, -0.05) is 13.2 Å². The molecule has 1 atom stereocenters. The molecule has 0 amide bonds. The normalized spacial score (nSPS) is 10.2. The summed E-state index contributed by atoms with van der Waals surface area (Å²) in [5, 5.41) is 0. The highest BCUT2D eigenvalue weighted by molar-refractivity contribution is 7.37. The van der Waals surface area contributed by atoms with Crippen LogP contribution in [-0.2, 0) is 4.74 Å². The van der Waals surface area contributed by atoms with Gasteiger partial charge in [0.2, 0.25) is 0 Å². The van der Waals surface area contributed by atoms with E-state index in [1.54, 1.807) is 0 Å². The third kappa shape index (κ3) is 4.58. The molecule has 0 N–H and O–H groups in total. The molecule has 0 aromatic carbocycles. The molecule has 2 heteroatoms. The summed E-state index contributed by atoms with van der Waals surface area (Å²) in [5.41, 5.74) is 0.916. The first-order chi connectivity index (χ1) is 4.68. The van der Waals surface area contributed by atoms with E-state index in [0.29, 0.717) is 0 Å². The standard InChI is InChI=1S/C8H15OP/c1-7(2)8(3)9-5-6-10-4/h10H,1,3,5-6H2,2,4H3. The Morgan fingerprint density at radius 1 is 1.50 bits per heavy atom. The van der Waals surface area contributed by atoms with E-state index >= 15 is 0 Å². The molecule has 0 radical (unpaired) electrons. The van der Waals surface area contributed by atoms with E-state index in [-0.39, 0.29) is 0 Å². The molecular formula is C8H15OP. The number of ether oxygens (including phenoxy) is 1. The molecule has 0 bridgehead atoms. The van der Waals surface area contributed by atoms with Gasteiger partial charge in [0.05, 0.1) is 6.61 Å². The Morgan fingerprint density at radius 3 is 2.50 bits per heavy atom. The van der Waals surface area contributed by atoms with Crippen LogP contribution in [0.15, 0.2) is 24.5 Å². The highest BCUT2D eigenvalue weighted by atomic mass is 31.1. The Hall–Kier alpha value is -0.290. The van der Waals surface area contributed by atoms with Gasteiger partial charge in [-0.2, -0.15) is 0 Å². The smallest absolute Gasteiger partial charge is 0.114 e. The molecule has 0 saturated heterocycles. The molecule has 0 fully saturated rings. The van der Waals surface area contributed by atoms with Gasteiger partial charge in [0.15, 0.2) is 0 Å². The SMILES string of the molecule is C=C(C)C(=C)OCCPC. The summed E-state index contributed by atoms with van der Waals surface area (Å²) < 4.78 is 5.26. The molecule has 1 nitrogen and oxygen atoms in total. The van der Waals surface area contributed by atoms with Crippen LogP contribution in [-0.4, -0.2) is 19.4 Å². The minimum absolute atomic E-state index is 0.721. The van der Waals surface area contributed by atoms with Crippen LogP contribution in [0.3, 0.4) is 0 Å². The van der Waals surface area contributed by atoms with Crippen molar-refractivity contribution in [2.75, 3.05) is 19.4 Å². The highest BCUT2D eigenvalue weighted by Gasteiger charge is 1.92. The van der Waals surface area contributed by atoms with Gasteiger partial charge < -0.3 is 4.74 Å². The summed E-state index contributed by atoms with van der Waals surface area (Å²) in [7, 11) is 0.955. The van der Waals surface area contributed by atoms with Gasteiger partial charge in [0, 0.05) is 0 Å². The van der Waals surface area contributed by atoms with Gasteiger partial charge in [-0.3, -0.25) is 0 Å². The second kappa shape index (κ2) is 5.49. The third-order valence-corrected chi connectivity index (χ3v) is 1.81. The Labute approximate surface area is 64.9 Å². The first-order valence-corrected chi connectivity index (χ1v) is 5.01. The first kappa shape index (κ1) is 9.71. The molecule has 0 aliphatic heterocycles. The van der Waals surface area contributed by atoms with Crippen LogP contribution >= 0.6 is 8.58 Å². The lowest BCUT2D eigenvalue weighted by atomic mass is 10.3. The molecule has 0 spiro atoms. The Bertz CT molecular complexity index is 129. The van der Waals surface area contributed by atoms with Gasteiger partial charge in [0.1, 0.15) is 5.76 Å². The number of allylic oxidation sites excluding steroid dienone is 1. The molecule has 0 rings (SSSR count). The lowest BCUT2D eigenvalue weighted by molar-refractivity contribution is 0.242. The van der Waals surface area contributed by atoms with E-state index in [1.165, 1.54) is 0 Å². The fourth-order valence-electron chi connectivity index (χ4n) is 0.399. The van der Waals surface area contributed by atoms with Crippen LogP contribution in [0, 0.1) is 0 Å². The van der Waals surface area contributed by atoms with E-state index in [9.17, 15) is 0 Å². The topological polar surface area (TPSA) is 9.23 Å². The van der Waals surface area contributed by atoms with E-state index in [0.717, 1.165) is 32.7 Å². The van der Waals surface area contributed by atoms with Crippen molar-refractivity contribution in [3.8, 4) is 0 Å². The van der Waals surface area contributed by atoms with Crippen molar-refractivity contribution in [1.82, 2.24) is 0 Å². The van der Waals surface area contributed by atoms with E-state index in [4.69, 9.17) is 4.74 Å². The quantitative estimate of drug-likeness (QED) is 0.258. The molecule has 0 aromatic heterocycles. The van der Waals surface area contributed by atoms with Gasteiger partial charge in [0.25, 0.3) is 0 Å². The van der Waals surface area contributed by atoms with Crippen molar-refractivity contribution in [2.45, 2.75) is 6.92 Å². The molecule has 1 unspecified atom stereocenters. The van der Waals surface area contributed by atoms with Crippen molar-refractivity contribution >= 4 is 8.58 Å². The van der Waals surface area contributed by atoms with Crippen LogP contribution < -0.4 is 0 Å². The van der Waals surface area contributed by atoms with Crippen LogP contribution in [0.2, 0.25) is 0 Å². The van der Waals surface area contributed by atoms with Crippen molar-refractivity contribution < 1.29 is 4.74 Å². The Kier molecular flexibility index (Phi) is 5.33. The average molecular weight is 158 g/mol. The Morgan fingerprint density at radius 2 is 2.10 bits per heavy atom. The largest absolute Gasteiger partial charge is 0.494 e. The molecule has 0 aliphatic carbocycles. The third-order valence-electron chi connectivity index (χ3n) is 1.10. The monoisotopic (exact) mass is 158 g/mol. The number of rotatable bonds is 5. The summed E-state index contributed by atoms with van der Waals surface area (Å²) in [4.78, 5) is 0. The fourth-order valence-corrected chi connectivity index (χ4v) is 0.706. The number of hydrogen-bond acceptors (Lipinski definition) is 1. The molecule has 58 valence electrons. The lowest BCUT2D eigenvalue weighted by Gasteiger charge is -2.06. The van der Waals surface area contributed by atoms with E-state index < -0.39 is 0 Å². The summed E-state index contributed by atoms with van der Waals surface area (Å²) in [5.74, 6) is 0.721. The van der Waals surface area contributed by atoms with Crippen molar-refractivity contribution in [2.24, 2.45) is 0 Å². The maximum Gasteiger partial charge on any atom is 0.114 e. The summed E-state index contributed by atoms with van der Waals surface area (Å²) >= 11 is 0. The first-order valence-electron chi connectivity index (χ1n) is 3.30. The zero-order valence-electron chi connectivity index (χ0n) is 6.74. The van der Waals surface area contributed by atoms with Crippen molar-refractivity contribution in [1.29, 1.82) is 0 Å². The lowest BCUT2D eigenvalue weighted by Crippen LogP contribution is -1.95. The zero-order chi connectivity index (χ0) is 7.98. The number of hydrogen-bond donors (Lipinski definition) is 0. The Balaban J connectivity index is 3.31. The molecule has 0 saturated carbocycles. The van der Waals surface area contributed by atoms with Crippen LogP contribution in [0.5, 0.6) is 0 Å². The van der Waals surface area contributed by atoms with Gasteiger partial charge in [-0.05, 0) is 25.3 Å². The minimum atomic E-state index is 0.721. The molecule has 0 heterocycles. The summed E-state index contributed by atoms with van der Waals surface area (Å²) in [6.07, 6.45) is 1.12. The highest BCUT2D eigenvalue weighted by Crippen LogP contribution is 2.07. The van der Waals surface area contributed by atoms with Crippen molar-refractivity contribution in [3.63, 3.8) is 0 Å². The summed E-state index contributed by atoms with van der Waals surface area (Å²) in [6, 6.07) is 0. The van der Waals surface area contributed by atoms with Crippen LogP contribution in [0.1, 0.15) is 6.92 Å². The summed E-state index contributed by atoms with van der Waals surface area (Å²) in [6.45, 7) is 12.3. The minimum Gasteiger partial charge on any atom is -0.494 e. The van der Waals surface area contributed by atoms with Gasteiger partial charge in [-0.15, -0.1) is 8.58 Å². The van der Waals surface area contributed by atoms with Gasteiger partial charge >= 0.3 is 0 Å². The second-order valence-electron chi connectivity index (χ2n) is 2.16. The second-order valence-corrected chi connectivity index (χ2v) is 3.36. The van der Waals surface area contributed by atoms with E-state index in [2.05, 4.69) is 19.8 Å². The average Bonchev–Trinajstić information content (AvgIpc) is 1.88.